The molecule has 4 fully saturated rings. The molecular formula is C21H31N5O7. The third-order valence-electron chi connectivity index (χ3n) is 7.62. The molecule has 3 N–H and O–H groups in total. The van der Waals surface area contributed by atoms with Crippen LogP contribution in [0.4, 0.5) is 5.69 Å². The Labute approximate surface area is 191 Å². The molecular weight excluding hydrogens is 434 g/mol. The molecule has 5 heterocycles. The van der Waals surface area contributed by atoms with Crippen molar-refractivity contribution < 1.29 is 24.9 Å². The number of carbonyl (C=O) groups is 1. The predicted octanol–water partition coefficient (Wildman–Crippen LogP) is 0.491. The lowest BCUT2D eigenvalue weighted by molar-refractivity contribution is -0.681. The van der Waals surface area contributed by atoms with Crippen molar-refractivity contribution >= 4 is 11.6 Å². The van der Waals surface area contributed by atoms with Gasteiger partial charge >= 0.3 is 0 Å². The molecule has 0 atom stereocenters. The number of piperidine rings is 2. The number of amides is 1. The standard InChI is InChI=1S/C17H19N5O5.2C2H6O/c1-14(2)15(21(24)25)7-19-9-16(14,22(26)27)10-20(8-15)17(19)11-5-3-4-6-12(11)18-13(17)23;2*1-2-3/h3-6H,7-10H2,1-2H3,(H,18,23);2*3H,2H2,1H3. The number of para-hydroxylation sites is 1. The summed E-state index contributed by atoms with van der Waals surface area (Å²) in [6, 6.07) is 7.22. The van der Waals surface area contributed by atoms with Crippen molar-refractivity contribution in [2.24, 2.45) is 5.41 Å². The number of rotatable bonds is 2. The Morgan fingerprint density at radius 1 is 0.939 bits per heavy atom. The number of fused-ring (bicyclic) bond motifs is 1. The molecule has 182 valence electrons. The number of nitro groups is 2. The Morgan fingerprint density at radius 2 is 1.33 bits per heavy atom. The number of hydrogen-bond donors (Lipinski definition) is 3. The van der Waals surface area contributed by atoms with Crippen molar-refractivity contribution in [3.8, 4) is 0 Å². The molecule has 4 saturated heterocycles. The minimum Gasteiger partial charge on any atom is -0.397 e. The van der Waals surface area contributed by atoms with Crippen molar-refractivity contribution in [1.29, 1.82) is 0 Å². The van der Waals surface area contributed by atoms with E-state index in [4.69, 9.17) is 10.2 Å². The SMILES string of the molecule is CC1(C)C2([N+](=O)[O-])CN3CC1([N+](=O)[O-])CN(C2)C31C(=O)Nc2ccccc21.CCO.CCO. The molecule has 1 spiro atoms. The third-order valence-corrected chi connectivity index (χ3v) is 7.62. The van der Waals surface area contributed by atoms with Gasteiger partial charge in [-0.2, -0.15) is 0 Å². The molecule has 0 saturated carbocycles. The van der Waals surface area contributed by atoms with E-state index in [1.54, 1.807) is 49.6 Å². The monoisotopic (exact) mass is 465 g/mol. The fraction of sp³-hybridized carbons (Fsp3) is 0.667. The van der Waals surface area contributed by atoms with Crippen molar-refractivity contribution in [2.75, 3.05) is 44.7 Å². The van der Waals surface area contributed by atoms with Gasteiger partial charge in [0.05, 0.1) is 26.2 Å². The van der Waals surface area contributed by atoms with Crippen LogP contribution in [-0.2, 0) is 10.5 Å². The van der Waals surface area contributed by atoms with E-state index in [9.17, 15) is 25.0 Å². The molecule has 1 amide bonds. The van der Waals surface area contributed by atoms with Crippen LogP contribution < -0.4 is 5.32 Å². The van der Waals surface area contributed by atoms with Gasteiger partial charge in [0, 0.05) is 34.3 Å². The van der Waals surface area contributed by atoms with E-state index in [-0.39, 0.29) is 55.1 Å². The van der Waals surface area contributed by atoms with Crippen LogP contribution >= 0.6 is 0 Å². The minimum atomic E-state index is -1.51. The Morgan fingerprint density at radius 3 is 1.73 bits per heavy atom. The van der Waals surface area contributed by atoms with E-state index < -0.39 is 22.2 Å². The highest BCUT2D eigenvalue weighted by Gasteiger charge is 2.85. The van der Waals surface area contributed by atoms with Crippen LogP contribution in [0.3, 0.4) is 0 Å². The number of nitrogens with zero attached hydrogens (tertiary/aromatic N) is 4. The van der Waals surface area contributed by atoms with Crippen LogP contribution in [0, 0.1) is 25.6 Å². The first-order valence-corrected chi connectivity index (χ1v) is 10.9. The molecule has 0 aromatic heterocycles. The molecule has 12 heteroatoms. The highest BCUT2D eigenvalue weighted by Crippen LogP contribution is 2.62. The van der Waals surface area contributed by atoms with Crippen molar-refractivity contribution in [3.05, 3.63) is 50.1 Å². The van der Waals surface area contributed by atoms with Crippen LogP contribution in [0.25, 0.3) is 0 Å². The van der Waals surface area contributed by atoms with Crippen molar-refractivity contribution in [2.45, 2.75) is 44.4 Å². The number of anilines is 1. The van der Waals surface area contributed by atoms with Gasteiger partial charge in [-0.3, -0.25) is 34.8 Å². The molecule has 0 aliphatic carbocycles. The maximum absolute atomic E-state index is 13.1. The summed E-state index contributed by atoms with van der Waals surface area (Å²) < 4.78 is 0. The Hall–Kier alpha value is -2.67. The van der Waals surface area contributed by atoms with Crippen LogP contribution in [0.1, 0.15) is 33.3 Å². The fourth-order valence-electron chi connectivity index (χ4n) is 5.90. The van der Waals surface area contributed by atoms with Crippen LogP contribution in [-0.4, -0.2) is 86.2 Å². The average Bonchev–Trinajstić information content (AvgIpc) is 3.01. The zero-order chi connectivity index (χ0) is 24.8. The summed E-state index contributed by atoms with van der Waals surface area (Å²) >= 11 is 0. The third kappa shape index (κ3) is 2.94. The zero-order valence-electron chi connectivity index (χ0n) is 19.3. The molecule has 1 aromatic carbocycles. The normalized spacial score (nSPS) is 36.1. The van der Waals surface area contributed by atoms with Gasteiger partial charge in [0.15, 0.2) is 5.66 Å². The van der Waals surface area contributed by atoms with E-state index in [1.165, 1.54) is 0 Å². The topological polar surface area (TPSA) is 162 Å². The van der Waals surface area contributed by atoms with Crippen molar-refractivity contribution in [1.82, 2.24) is 9.80 Å². The summed E-state index contributed by atoms with van der Waals surface area (Å²) in [6.07, 6.45) is 0. The van der Waals surface area contributed by atoms with E-state index in [2.05, 4.69) is 5.32 Å². The summed E-state index contributed by atoms with van der Waals surface area (Å²) in [5.74, 6) is -0.294. The summed E-state index contributed by atoms with van der Waals surface area (Å²) in [4.78, 5) is 40.1. The van der Waals surface area contributed by atoms with Gasteiger partial charge < -0.3 is 15.5 Å². The van der Waals surface area contributed by atoms with Gasteiger partial charge in [0.25, 0.3) is 17.0 Å². The highest BCUT2D eigenvalue weighted by atomic mass is 16.6. The lowest BCUT2D eigenvalue weighted by Gasteiger charge is -2.68. The Balaban J connectivity index is 0.000000464. The van der Waals surface area contributed by atoms with Crippen LogP contribution in [0.5, 0.6) is 0 Å². The van der Waals surface area contributed by atoms with E-state index in [1.807, 2.05) is 12.1 Å². The van der Waals surface area contributed by atoms with Gasteiger partial charge in [-0.1, -0.05) is 18.2 Å². The quantitative estimate of drug-likeness (QED) is 0.417. The maximum atomic E-state index is 13.1. The highest BCUT2D eigenvalue weighted by molar-refractivity contribution is 6.05. The first-order valence-electron chi connectivity index (χ1n) is 10.9. The lowest BCUT2D eigenvalue weighted by Crippen LogP contribution is -2.92. The van der Waals surface area contributed by atoms with Crippen LogP contribution in [0.15, 0.2) is 24.3 Å². The summed E-state index contributed by atoms with van der Waals surface area (Å²) in [6.45, 7) is 7.13. The van der Waals surface area contributed by atoms with E-state index >= 15 is 0 Å². The van der Waals surface area contributed by atoms with Crippen molar-refractivity contribution in [3.63, 3.8) is 0 Å². The van der Waals surface area contributed by atoms with Gasteiger partial charge in [-0.15, -0.1) is 0 Å². The average molecular weight is 466 g/mol. The second-order valence-corrected chi connectivity index (χ2v) is 9.22. The predicted molar refractivity (Wildman–Crippen MR) is 119 cm³/mol. The number of aliphatic hydroxyl groups is 2. The molecule has 12 nitrogen and oxygen atoms in total. The summed E-state index contributed by atoms with van der Waals surface area (Å²) in [5, 5.41) is 42.4. The number of benzene rings is 1. The molecule has 4 bridgehead atoms. The summed E-state index contributed by atoms with van der Waals surface area (Å²) in [5.41, 5.74) is -4.04. The van der Waals surface area contributed by atoms with E-state index in [0.29, 0.717) is 11.3 Å². The van der Waals surface area contributed by atoms with Crippen LogP contribution in [0.2, 0.25) is 0 Å². The van der Waals surface area contributed by atoms with Gasteiger partial charge in [0.1, 0.15) is 5.41 Å². The minimum absolute atomic E-state index is 0.000838. The van der Waals surface area contributed by atoms with Gasteiger partial charge in [-0.05, 0) is 33.8 Å². The number of nitrogens with one attached hydrogen (secondary N) is 1. The molecule has 5 aliphatic rings. The second-order valence-electron chi connectivity index (χ2n) is 9.22. The second kappa shape index (κ2) is 8.28. The summed E-state index contributed by atoms with van der Waals surface area (Å²) in [7, 11) is 0. The molecule has 0 unspecified atom stereocenters. The number of hydrogen-bond acceptors (Lipinski definition) is 9. The van der Waals surface area contributed by atoms with E-state index in [0.717, 1.165) is 0 Å². The lowest BCUT2D eigenvalue weighted by atomic mass is 9.52. The molecule has 0 radical (unpaired) electrons. The smallest absolute Gasteiger partial charge is 0.264 e. The molecule has 33 heavy (non-hydrogen) atoms. The molecule has 6 rings (SSSR count). The van der Waals surface area contributed by atoms with Gasteiger partial charge in [0.2, 0.25) is 0 Å². The first-order chi connectivity index (χ1) is 15.5. The molecule has 1 aromatic rings. The Kier molecular flexibility index (Phi) is 6.26. The fourth-order valence-corrected chi connectivity index (χ4v) is 5.90. The zero-order valence-corrected chi connectivity index (χ0v) is 19.3. The maximum Gasteiger partial charge on any atom is 0.264 e. The number of aliphatic hydroxyl groups excluding tert-OH is 2. The molecule has 5 aliphatic heterocycles. The largest absolute Gasteiger partial charge is 0.397 e. The Bertz CT molecular complexity index is 912. The number of carbonyl (C=O) groups excluding carboxylic acids is 1. The first kappa shape index (κ1) is 25.0. The van der Waals surface area contributed by atoms with Gasteiger partial charge in [-0.25, -0.2) is 0 Å².